The highest BCUT2D eigenvalue weighted by atomic mass is 16.2. The van der Waals surface area contributed by atoms with Crippen LogP contribution in [0.2, 0.25) is 0 Å². The fraction of sp³-hybridized carbons (Fsp3) is 0.600. The van der Waals surface area contributed by atoms with E-state index in [1.165, 1.54) is 6.42 Å². The molecule has 1 spiro atoms. The van der Waals surface area contributed by atoms with Crippen molar-refractivity contribution in [2.24, 2.45) is 5.92 Å². The molecule has 4 nitrogen and oxygen atoms in total. The Bertz CT molecular complexity index is 504. The number of hydrogen-bond acceptors (Lipinski definition) is 3. The lowest BCUT2D eigenvalue weighted by atomic mass is 9.74. The Morgan fingerprint density at radius 2 is 2.16 bits per heavy atom. The first-order valence-electron chi connectivity index (χ1n) is 7.20. The summed E-state index contributed by atoms with van der Waals surface area (Å²) in [6, 6.07) is 1.92. The van der Waals surface area contributed by atoms with Crippen LogP contribution in [0.25, 0.3) is 0 Å². The molecule has 0 saturated heterocycles. The Balaban J connectivity index is 1.88. The normalized spacial score (nSPS) is 29.6. The summed E-state index contributed by atoms with van der Waals surface area (Å²) in [7, 11) is 0. The maximum atomic E-state index is 12.5. The summed E-state index contributed by atoms with van der Waals surface area (Å²) in [5.41, 5.74) is 1.47. The molecule has 0 atom stereocenters. The van der Waals surface area contributed by atoms with Crippen molar-refractivity contribution in [3.8, 4) is 0 Å². The van der Waals surface area contributed by atoms with Crippen LogP contribution in [0.15, 0.2) is 12.3 Å². The second kappa shape index (κ2) is 4.51. The Kier molecular flexibility index (Phi) is 2.96. The van der Waals surface area contributed by atoms with E-state index < -0.39 is 5.54 Å². The van der Waals surface area contributed by atoms with Crippen LogP contribution in [0, 0.1) is 12.8 Å². The summed E-state index contributed by atoms with van der Waals surface area (Å²) in [5.74, 6) is 1.72. The molecule has 0 aromatic carbocycles. The Morgan fingerprint density at radius 1 is 1.42 bits per heavy atom. The number of carbonyl (C=O) groups excluding carboxylic acids is 1. The van der Waals surface area contributed by atoms with E-state index in [2.05, 4.69) is 22.5 Å². The average molecular weight is 259 g/mol. The molecule has 0 unspecified atom stereocenters. The van der Waals surface area contributed by atoms with Gasteiger partial charge in [0, 0.05) is 6.20 Å². The lowest BCUT2D eigenvalue weighted by Gasteiger charge is -2.42. The molecule has 1 aliphatic carbocycles. The molecule has 1 aromatic rings. The van der Waals surface area contributed by atoms with Gasteiger partial charge in [-0.3, -0.25) is 4.79 Å². The fourth-order valence-electron chi connectivity index (χ4n) is 3.26. The van der Waals surface area contributed by atoms with Crippen LogP contribution >= 0.6 is 0 Å². The number of nitrogens with one attached hydrogen (secondary N) is 2. The van der Waals surface area contributed by atoms with Crippen molar-refractivity contribution in [3.63, 3.8) is 0 Å². The number of pyridine rings is 1. The molecule has 0 radical (unpaired) electrons. The van der Waals surface area contributed by atoms with Crippen molar-refractivity contribution >= 4 is 17.4 Å². The molecule has 4 heteroatoms. The van der Waals surface area contributed by atoms with E-state index in [0.29, 0.717) is 0 Å². The zero-order valence-electron chi connectivity index (χ0n) is 11.6. The third-order valence-corrected chi connectivity index (χ3v) is 4.73. The number of nitrogens with zero attached hydrogens (tertiary/aromatic N) is 1. The fourth-order valence-corrected chi connectivity index (χ4v) is 3.26. The van der Waals surface area contributed by atoms with E-state index in [-0.39, 0.29) is 5.91 Å². The van der Waals surface area contributed by atoms with Crippen molar-refractivity contribution in [1.29, 1.82) is 0 Å². The Labute approximate surface area is 114 Å². The zero-order valence-corrected chi connectivity index (χ0v) is 11.6. The molecule has 1 amide bonds. The smallest absolute Gasteiger partial charge is 0.250 e. The molecule has 3 rings (SSSR count). The highest BCUT2D eigenvalue weighted by Crippen LogP contribution is 2.41. The molecule has 1 saturated carbocycles. The van der Waals surface area contributed by atoms with Gasteiger partial charge < -0.3 is 10.6 Å². The molecule has 1 fully saturated rings. The van der Waals surface area contributed by atoms with Gasteiger partial charge in [0.05, 0.1) is 5.69 Å². The van der Waals surface area contributed by atoms with Crippen molar-refractivity contribution in [2.45, 2.75) is 51.5 Å². The summed E-state index contributed by atoms with van der Waals surface area (Å²) in [6.45, 7) is 4.23. The number of aromatic nitrogens is 1. The van der Waals surface area contributed by atoms with Gasteiger partial charge in [-0.05, 0) is 50.2 Å². The van der Waals surface area contributed by atoms with E-state index in [1.807, 2.05) is 13.0 Å². The summed E-state index contributed by atoms with van der Waals surface area (Å²) in [6.07, 6.45) is 7.07. The second-order valence-corrected chi connectivity index (χ2v) is 5.86. The lowest BCUT2D eigenvalue weighted by molar-refractivity contribution is -0.121. The number of rotatable bonds is 1. The maximum Gasteiger partial charge on any atom is 0.250 e. The molecular formula is C15H21N3O. The van der Waals surface area contributed by atoms with Crippen LogP contribution in [0.3, 0.4) is 0 Å². The quantitative estimate of drug-likeness (QED) is 0.815. The van der Waals surface area contributed by atoms with Gasteiger partial charge >= 0.3 is 0 Å². The number of amides is 1. The molecule has 2 aliphatic rings. The first kappa shape index (κ1) is 12.5. The van der Waals surface area contributed by atoms with E-state index in [0.717, 1.165) is 48.7 Å². The van der Waals surface area contributed by atoms with Crippen molar-refractivity contribution < 1.29 is 4.79 Å². The summed E-state index contributed by atoms with van der Waals surface area (Å²) in [4.78, 5) is 16.9. The molecule has 2 heterocycles. The van der Waals surface area contributed by atoms with Crippen LogP contribution in [-0.4, -0.2) is 16.4 Å². The highest BCUT2D eigenvalue weighted by Gasteiger charge is 2.44. The van der Waals surface area contributed by atoms with Gasteiger partial charge in [-0.25, -0.2) is 4.98 Å². The highest BCUT2D eigenvalue weighted by molar-refractivity contribution is 6.06. The predicted octanol–water partition coefficient (Wildman–Crippen LogP) is 3.09. The topological polar surface area (TPSA) is 54.0 Å². The van der Waals surface area contributed by atoms with Gasteiger partial charge in [-0.1, -0.05) is 13.3 Å². The number of hydrogen-bond donors (Lipinski definition) is 2. The number of aryl methyl sites for hydroxylation is 1. The molecule has 19 heavy (non-hydrogen) atoms. The first-order valence-corrected chi connectivity index (χ1v) is 7.20. The van der Waals surface area contributed by atoms with Gasteiger partial charge in [0.2, 0.25) is 5.91 Å². The van der Waals surface area contributed by atoms with Crippen LogP contribution in [0.1, 0.15) is 44.6 Å². The van der Waals surface area contributed by atoms with Gasteiger partial charge in [0.25, 0.3) is 0 Å². The minimum absolute atomic E-state index is 0.116. The maximum absolute atomic E-state index is 12.5. The van der Waals surface area contributed by atoms with Gasteiger partial charge in [0.15, 0.2) is 5.82 Å². The first-order chi connectivity index (χ1) is 9.14. The Hall–Kier alpha value is -1.58. The second-order valence-electron chi connectivity index (χ2n) is 5.86. The molecular weight excluding hydrogens is 238 g/mol. The summed E-state index contributed by atoms with van der Waals surface area (Å²) >= 11 is 0. The van der Waals surface area contributed by atoms with Gasteiger partial charge in [0.1, 0.15) is 5.54 Å². The lowest BCUT2D eigenvalue weighted by Crippen LogP contribution is -2.54. The van der Waals surface area contributed by atoms with Crippen LogP contribution in [-0.2, 0) is 4.79 Å². The molecule has 0 bridgehead atoms. The Morgan fingerprint density at radius 3 is 2.84 bits per heavy atom. The summed E-state index contributed by atoms with van der Waals surface area (Å²) in [5, 5.41) is 6.48. The SMILES string of the molecule is CCC1CCC2(CC1)Nc1nccc(C)c1NC2=O. The van der Waals surface area contributed by atoms with Crippen LogP contribution in [0.4, 0.5) is 11.5 Å². The van der Waals surface area contributed by atoms with Crippen LogP contribution in [0.5, 0.6) is 0 Å². The third kappa shape index (κ3) is 1.99. The largest absolute Gasteiger partial charge is 0.354 e. The zero-order chi connectivity index (χ0) is 13.5. The third-order valence-electron chi connectivity index (χ3n) is 4.73. The predicted molar refractivity (Wildman–Crippen MR) is 76.2 cm³/mol. The van der Waals surface area contributed by atoms with Crippen LogP contribution < -0.4 is 10.6 Å². The molecule has 102 valence electrons. The van der Waals surface area contributed by atoms with E-state index in [1.54, 1.807) is 6.20 Å². The van der Waals surface area contributed by atoms with Gasteiger partial charge in [-0.2, -0.15) is 0 Å². The average Bonchev–Trinajstić information content (AvgIpc) is 2.42. The van der Waals surface area contributed by atoms with Crippen molar-refractivity contribution in [3.05, 3.63) is 17.8 Å². The number of carbonyl (C=O) groups is 1. The minimum Gasteiger partial charge on any atom is -0.354 e. The molecule has 1 aromatic heterocycles. The molecule has 1 aliphatic heterocycles. The van der Waals surface area contributed by atoms with E-state index in [4.69, 9.17) is 0 Å². The molecule has 2 N–H and O–H groups in total. The van der Waals surface area contributed by atoms with E-state index >= 15 is 0 Å². The van der Waals surface area contributed by atoms with Crippen molar-refractivity contribution in [1.82, 2.24) is 4.98 Å². The summed E-state index contributed by atoms with van der Waals surface area (Å²) < 4.78 is 0. The minimum atomic E-state index is -0.431. The standard InChI is InChI=1S/C15H21N3O/c1-3-11-4-7-15(8-5-11)14(19)17-12-10(2)6-9-16-13(12)18-15/h6,9,11H,3-5,7-8H2,1-2H3,(H,16,18)(H,17,19). The van der Waals surface area contributed by atoms with Gasteiger partial charge in [-0.15, -0.1) is 0 Å². The van der Waals surface area contributed by atoms with Crippen molar-refractivity contribution in [2.75, 3.05) is 10.6 Å². The number of fused-ring (bicyclic) bond motifs is 1. The number of anilines is 2. The van der Waals surface area contributed by atoms with E-state index in [9.17, 15) is 4.79 Å². The monoisotopic (exact) mass is 259 g/mol.